The van der Waals surface area contributed by atoms with Gasteiger partial charge in [-0.3, -0.25) is 5.43 Å². The van der Waals surface area contributed by atoms with Gasteiger partial charge in [-0.2, -0.15) is 18.3 Å². The van der Waals surface area contributed by atoms with Crippen LogP contribution in [0.1, 0.15) is 16.7 Å². The zero-order valence-electron chi connectivity index (χ0n) is 14.7. The minimum Gasteiger partial charge on any atom is -0.383 e. The van der Waals surface area contributed by atoms with Gasteiger partial charge in [0.25, 0.3) is 0 Å². The molecule has 0 aromatic heterocycles. The molecule has 2 rings (SSSR count). The standard InChI is InChI=1S/C18H17F3N6S/c1-23-17(28)27-26-10-12-2-4-13(5-3-12)16(22)25-11-24-15-8-6-14(7-9-15)18(19,20)21/h2-11H,1H3,(H2,22,24,25)(H2,23,27,28)/b26-10+. The highest BCUT2D eigenvalue weighted by atomic mass is 32.1. The van der Waals surface area contributed by atoms with Gasteiger partial charge in [0.1, 0.15) is 12.2 Å². The van der Waals surface area contributed by atoms with E-state index in [-0.39, 0.29) is 5.84 Å². The highest BCUT2D eigenvalue weighted by molar-refractivity contribution is 7.80. The summed E-state index contributed by atoms with van der Waals surface area (Å²) in [5, 5.41) is 7.09. The lowest BCUT2D eigenvalue weighted by Crippen LogP contribution is -2.28. The molecule has 0 spiro atoms. The Bertz CT molecular complexity index is 887. The number of amidine groups is 1. The van der Waals surface area contributed by atoms with E-state index in [1.165, 1.54) is 18.5 Å². The third-order valence-corrected chi connectivity index (χ3v) is 3.71. The summed E-state index contributed by atoms with van der Waals surface area (Å²) in [6.45, 7) is 0. The molecule has 10 heteroatoms. The van der Waals surface area contributed by atoms with Crippen LogP contribution in [-0.4, -0.2) is 30.5 Å². The molecule has 2 aromatic rings. The molecule has 4 N–H and O–H groups in total. The van der Waals surface area contributed by atoms with Crippen LogP contribution in [-0.2, 0) is 6.18 Å². The number of thiocarbonyl (C=S) groups is 1. The average molecular weight is 406 g/mol. The Morgan fingerprint density at radius 3 is 2.29 bits per heavy atom. The van der Waals surface area contributed by atoms with Crippen LogP contribution in [0.3, 0.4) is 0 Å². The highest BCUT2D eigenvalue weighted by Crippen LogP contribution is 2.30. The van der Waals surface area contributed by atoms with Gasteiger partial charge in [0.15, 0.2) is 5.11 Å². The van der Waals surface area contributed by atoms with E-state index in [0.717, 1.165) is 17.7 Å². The molecule has 0 heterocycles. The fraction of sp³-hybridized carbons (Fsp3) is 0.111. The Balaban J connectivity index is 1.99. The molecular weight excluding hydrogens is 389 g/mol. The summed E-state index contributed by atoms with van der Waals surface area (Å²) in [7, 11) is 1.68. The van der Waals surface area contributed by atoms with Gasteiger partial charge in [-0.15, -0.1) is 0 Å². The highest BCUT2D eigenvalue weighted by Gasteiger charge is 2.29. The fourth-order valence-corrected chi connectivity index (χ4v) is 1.98. The molecule has 0 atom stereocenters. The maximum absolute atomic E-state index is 12.5. The van der Waals surface area contributed by atoms with Gasteiger partial charge >= 0.3 is 6.18 Å². The number of halogens is 3. The largest absolute Gasteiger partial charge is 0.416 e. The van der Waals surface area contributed by atoms with Crippen molar-refractivity contribution in [3.05, 3.63) is 65.2 Å². The van der Waals surface area contributed by atoms with Crippen LogP contribution in [0.25, 0.3) is 0 Å². The third-order valence-electron chi connectivity index (χ3n) is 3.41. The Kier molecular flexibility index (Phi) is 7.21. The molecule has 0 fully saturated rings. The van der Waals surface area contributed by atoms with Crippen molar-refractivity contribution in [3.8, 4) is 0 Å². The van der Waals surface area contributed by atoms with Crippen molar-refractivity contribution in [2.24, 2.45) is 20.8 Å². The van der Waals surface area contributed by atoms with Gasteiger partial charge in [0.2, 0.25) is 0 Å². The second-order valence-corrected chi connectivity index (χ2v) is 5.78. The van der Waals surface area contributed by atoms with E-state index in [1.807, 2.05) is 0 Å². The maximum atomic E-state index is 12.5. The second kappa shape index (κ2) is 9.60. The maximum Gasteiger partial charge on any atom is 0.416 e. The van der Waals surface area contributed by atoms with E-state index in [1.54, 1.807) is 37.5 Å². The lowest BCUT2D eigenvalue weighted by atomic mass is 10.1. The Morgan fingerprint density at radius 2 is 1.71 bits per heavy atom. The van der Waals surface area contributed by atoms with Crippen molar-refractivity contribution in [1.29, 1.82) is 0 Å². The monoisotopic (exact) mass is 406 g/mol. The lowest BCUT2D eigenvalue weighted by molar-refractivity contribution is -0.137. The van der Waals surface area contributed by atoms with Crippen molar-refractivity contribution in [3.63, 3.8) is 0 Å². The van der Waals surface area contributed by atoms with Crippen LogP contribution >= 0.6 is 12.2 Å². The van der Waals surface area contributed by atoms with Crippen LogP contribution in [0.5, 0.6) is 0 Å². The van der Waals surface area contributed by atoms with Crippen molar-refractivity contribution >= 4 is 41.4 Å². The predicted molar refractivity (Wildman–Crippen MR) is 109 cm³/mol. The van der Waals surface area contributed by atoms with Crippen LogP contribution in [0, 0.1) is 0 Å². The summed E-state index contributed by atoms with van der Waals surface area (Å²) in [5.41, 5.74) is 9.61. The summed E-state index contributed by atoms with van der Waals surface area (Å²) >= 11 is 4.89. The van der Waals surface area contributed by atoms with Crippen molar-refractivity contribution in [2.45, 2.75) is 6.18 Å². The van der Waals surface area contributed by atoms with E-state index < -0.39 is 11.7 Å². The third kappa shape index (κ3) is 6.47. The van der Waals surface area contributed by atoms with Crippen LogP contribution in [0.4, 0.5) is 18.9 Å². The molecule has 0 unspecified atom stereocenters. The number of benzene rings is 2. The minimum absolute atomic E-state index is 0.216. The Labute approximate surface area is 165 Å². The van der Waals surface area contributed by atoms with E-state index in [2.05, 4.69) is 25.8 Å². The molecule has 0 aliphatic heterocycles. The number of nitrogens with one attached hydrogen (secondary N) is 2. The number of hydrogen-bond acceptors (Lipinski definition) is 3. The number of rotatable bonds is 5. The number of aliphatic imine (C=N–C) groups is 2. The number of nitrogens with two attached hydrogens (primary N) is 1. The van der Waals surface area contributed by atoms with E-state index in [4.69, 9.17) is 18.0 Å². The molecule has 28 heavy (non-hydrogen) atoms. The first-order valence-corrected chi connectivity index (χ1v) is 8.34. The Hall–Kier alpha value is -3.27. The molecule has 0 amide bonds. The minimum atomic E-state index is -4.38. The van der Waals surface area contributed by atoms with Gasteiger partial charge in [0, 0.05) is 12.6 Å². The smallest absolute Gasteiger partial charge is 0.383 e. The lowest BCUT2D eigenvalue weighted by Gasteiger charge is -2.05. The van der Waals surface area contributed by atoms with E-state index >= 15 is 0 Å². The number of nitrogens with zero attached hydrogens (tertiary/aromatic N) is 3. The Morgan fingerprint density at radius 1 is 1.07 bits per heavy atom. The van der Waals surface area contributed by atoms with Gasteiger partial charge in [-0.05, 0) is 42.0 Å². The zero-order valence-corrected chi connectivity index (χ0v) is 15.6. The molecule has 0 saturated heterocycles. The van der Waals surface area contributed by atoms with Crippen molar-refractivity contribution < 1.29 is 13.2 Å². The number of hydrogen-bond donors (Lipinski definition) is 3. The second-order valence-electron chi connectivity index (χ2n) is 5.37. The van der Waals surface area contributed by atoms with Gasteiger partial charge in [-0.25, -0.2) is 9.98 Å². The summed E-state index contributed by atoms with van der Waals surface area (Å²) in [5.74, 6) is 0.216. The number of hydrazone groups is 1. The molecule has 0 aliphatic rings. The first-order chi connectivity index (χ1) is 13.3. The summed E-state index contributed by atoms with van der Waals surface area (Å²) < 4.78 is 37.6. The SMILES string of the molecule is CNC(=S)N/N=C/c1ccc(C(N)=NC=Nc2ccc(C(F)(F)F)cc2)cc1. The van der Waals surface area contributed by atoms with Gasteiger partial charge < -0.3 is 11.1 Å². The van der Waals surface area contributed by atoms with Crippen LogP contribution in [0.2, 0.25) is 0 Å². The first-order valence-electron chi connectivity index (χ1n) is 7.94. The van der Waals surface area contributed by atoms with E-state index in [0.29, 0.717) is 16.4 Å². The quantitative estimate of drug-likeness (QED) is 0.308. The topological polar surface area (TPSA) is 87.2 Å². The molecule has 0 saturated carbocycles. The average Bonchev–Trinajstić information content (AvgIpc) is 2.68. The molecule has 6 nitrogen and oxygen atoms in total. The summed E-state index contributed by atoms with van der Waals surface area (Å²) in [6, 6.07) is 11.5. The fourth-order valence-electron chi connectivity index (χ4n) is 1.93. The molecular formula is C18H17F3N6S. The number of alkyl halides is 3. The molecule has 0 aliphatic carbocycles. The van der Waals surface area contributed by atoms with E-state index in [9.17, 15) is 13.2 Å². The van der Waals surface area contributed by atoms with Gasteiger partial charge in [0.05, 0.1) is 17.5 Å². The summed E-state index contributed by atoms with van der Waals surface area (Å²) in [4.78, 5) is 7.97. The molecule has 0 radical (unpaired) electrons. The zero-order chi connectivity index (χ0) is 20.6. The molecule has 146 valence electrons. The van der Waals surface area contributed by atoms with Crippen LogP contribution < -0.4 is 16.5 Å². The summed E-state index contributed by atoms with van der Waals surface area (Å²) in [6.07, 6.45) is -1.60. The molecule has 2 aromatic carbocycles. The molecule has 0 bridgehead atoms. The predicted octanol–water partition coefficient (Wildman–Crippen LogP) is 3.20. The van der Waals surface area contributed by atoms with Crippen molar-refractivity contribution in [2.75, 3.05) is 7.05 Å². The first kappa shape index (κ1) is 21.0. The van der Waals surface area contributed by atoms with Crippen LogP contribution in [0.15, 0.2) is 63.6 Å². The van der Waals surface area contributed by atoms with Gasteiger partial charge in [-0.1, -0.05) is 24.3 Å². The normalized spacial score (nSPS) is 12.5. The van der Waals surface area contributed by atoms with Crippen molar-refractivity contribution in [1.82, 2.24) is 10.7 Å².